The summed E-state index contributed by atoms with van der Waals surface area (Å²) >= 11 is 0. The summed E-state index contributed by atoms with van der Waals surface area (Å²) in [6, 6.07) is 2.51. The number of anilines is 2. The Labute approximate surface area is 97.5 Å². The average Bonchev–Trinajstić information content (AvgIpc) is 2.28. The van der Waals surface area contributed by atoms with Gasteiger partial charge in [-0.25, -0.2) is 0 Å². The summed E-state index contributed by atoms with van der Waals surface area (Å²) in [5.74, 6) is 1.51. The molecule has 3 nitrogen and oxygen atoms in total. The number of hydrogen-bond acceptors (Lipinski definition) is 3. The van der Waals surface area contributed by atoms with Crippen molar-refractivity contribution < 1.29 is 0 Å². The third kappa shape index (κ3) is 2.29. The smallest absolute Gasteiger partial charge is 0.0736 e. The highest BCUT2D eigenvalue weighted by atomic mass is 15.0. The molecule has 0 amide bonds. The molecule has 1 aliphatic rings. The van der Waals surface area contributed by atoms with Crippen LogP contribution in [0.3, 0.4) is 0 Å². The van der Waals surface area contributed by atoms with Gasteiger partial charge in [0.15, 0.2) is 0 Å². The topological polar surface area (TPSA) is 50.9 Å². The minimum absolute atomic E-state index is 0.549. The average molecular weight is 219 g/mol. The molecule has 1 aliphatic carbocycles. The van der Waals surface area contributed by atoms with E-state index in [2.05, 4.69) is 24.1 Å². The van der Waals surface area contributed by atoms with Gasteiger partial charge in [-0.1, -0.05) is 26.7 Å². The summed E-state index contributed by atoms with van der Waals surface area (Å²) in [6.07, 6.45) is 7.40. The fourth-order valence-electron chi connectivity index (χ4n) is 2.52. The van der Waals surface area contributed by atoms with Crippen LogP contribution in [0.2, 0.25) is 0 Å². The van der Waals surface area contributed by atoms with Gasteiger partial charge in [-0.05, 0) is 24.3 Å². The van der Waals surface area contributed by atoms with Crippen molar-refractivity contribution in [3.8, 4) is 0 Å². The second-order valence-corrected chi connectivity index (χ2v) is 4.98. The van der Waals surface area contributed by atoms with Crippen LogP contribution in [0.15, 0.2) is 18.5 Å². The van der Waals surface area contributed by atoms with Crippen molar-refractivity contribution in [2.45, 2.75) is 39.2 Å². The van der Waals surface area contributed by atoms with Crippen LogP contribution in [-0.2, 0) is 0 Å². The van der Waals surface area contributed by atoms with Gasteiger partial charge in [0.25, 0.3) is 0 Å². The van der Waals surface area contributed by atoms with Crippen molar-refractivity contribution in [2.24, 2.45) is 11.8 Å². The lowest BCUT2D eigenvalue weighted by Gasteiger charge is -2.35. The summed E-state index contributed by atoms with van der Waals surface area (Å²) in [5.41, 5.74) is 7.66. The monoisotopic (exact) mass is 219 g/mol. The predicted molar refractivity (Wildman–Crippen MR) is 68.2 cm³/mol. The van der Waals surface area contributed by atoms with Crippen LogP contribution in [0.1, 0.15) is 33.1 Å². The van der Waals surface area contributed by atoms with Crippen LogP contribution < -0.4 is 11.1 Å². The van der Waals surface area contributed by atoms with Crippen LogP contribution in [-0.4, -0.2) is 11.0 Å². The Hall–Kier alpha value is -1.25. The number of rotatable bonds is 2. The molecule has 0 aromatic carbocycles. The highest BCUT2D eigenvalue weighted by Crippen LogP contribution is 2.32. The fourth-order valence-corrected chi connectivity index (χ4v) is 2.52. The molecule has 0 radical (unpaired) electrons. The van der Waals surface area contributed by atoms with Gasteiger partial charge in [-0.2, -0.15) is 0 Å². The van der Waals surface area contributed by atoms with E-state index in [1.165, 1.54) is 19.3 Å². The Kier molecular flexibility index (Phi) is 3.32. The van der Waals surface area contributed by atoms with Gasteiger partial charge in [-0.15, -0.1) is 0 Å². The SMILES string of the molecule is CC1CCCC(Nc2ccncc2N)C1C. The number of nitrogens with two attached hydrogens (primary N) is 1. The molecule has 3 unspecified atom stereocenters. The Balaban J connectivity index is 2.06. The van der Waals surface area contributed by atoms with Gasteiger partial charge in [0.05, 0.1) is 17.6 Å². The summed E-state index contributed by atoms with van der Waals surface area (Å²) in [6.45, 7) is 4.67. The van der Waals surface area contributed by atoms with E-state index in [1.54, 1.807) is 12.4 Å². The first-order valence-corrected chi connectivity index (χ1v) is 6.14. The number of hydrogen-bond donors (Lipinski definition) is 2. The fraction of sp³-hybridized carbons (Fsp3) is 0.615. The molecule has 0 saturated heterocycles. The van der Waals surface area contributed by atoms with Gasteiger partial charge in [0.2, 0.25) is 0 Å². The largest absolute Gasteiger partial charge is 0.396 e. The molecule has 1 aromatic heterocycles. The van der Waals surface area contributed by atoms with Gasteiger partial charge in [-0.3, -0.25) is 4.98 Å². The molecule has 16 heavy (non-hydrogen) atoms. The molecule has 1 saturated carbocycles. The standard InChI is InChI=1S/C13H21N3/c1-9-4-3-5-12(10(9)2)16-13-6-7-15-8-11(13)14/h6-10,12H,3-5,14H2,1-2H3,(H,15,16). The molecule has 0 spiro atoms. The van der Waals surface area contributed by atoms with E-state index in [0.717, 1.165) is 17.3 Å². The van der Waals surface area contributed by atoms with E-state index in [0.29, 0.717) is 12.0 Å². The molecule has 3 heteroatoms. The second-order valence-electron chi connectivity index (χ2n) is 4.98. The molecule has 0 bridgehead atoms. The maximum Gasteiger partial charge on any atom is 0.0736 e. The second kappa shape index (κ2) is 4.73. The lowest BCUT2D eigenvalue weighted by molar-refractivity contribution is 0.253. The van der Waals surface area contributed by atoms with Gasteiger partial charge in [0.1, 0.15) is 0 Å². The first-order valence-electron chi connectivity index (χ1n) is 6.14. The summed E-state index contributed by atoms with van der Waals surface area (Å²) in [7, 11) is 0. The molecular weight excluding hydrogens is 198 g/mol. The molecule has 3 N–H and O–H groups in total. The zero-order valence-corrected chi connectivity index (χ0v) is 10.1. The van der Waals surface area contributed by atoms with Crippen molar-refractivity contribution in [3.05, 3.63) is 18.5 Å². The van der Waals surface area contributed by atoms with E-state index in [4.69, 9.17) is 5.73 Å². The molecule has 2 rings (SSSR count). The minimum Gasteiger partial charge on any atom is -0.396 e. The Morgan fingerprint density at radius 2 is 2.19 bits per heavy atom. The molecular formula is C13H21N3. The summed E-state index contributed by atoms with van der Waals surface area (Å²) < 4.78 is 0. The molecule has 3 atom stereocenters. The van der Waals surface area contributed by atoms with Crippen molar-refractivity contribution in [3.63, 3.8) is 0 Å². The van der Waals surface area contributed by atoms with Crippen molar-refractivity contribution in [1.82, 2.24) is 4.98 Å². The van der Waals surface area contributed by atoms with Gasteiger partial charge >= 0.3 is 0 Å². The quantitative estimate of drug-likeness (QED) is 0.804. The summed E-state index contributed by atoms with van der Waals surface area (Å²) in [5, 5.41) is 3.56. The predicted octanol–water partition coefficient (Wildman–Crippen LogP) is 2.90. The van der Waals surface area contributed by atoms with E-state index in [-0.39, 0.29) is 0 Å². The molecule has 0 aliphatic heterocycles. The third-order valence-electron chi connectivity index (χ3n) is 3.90. The zero-order valence-electron chi connectivity index (χ0n) is 10.1. The lowest BCUT2D eigenvalue weighted by Crippen LogP contribution is -2.35. The van der Waals surface area contributed by atoms with Crippen LogP contribution in [0, 0.1) is 11.8 Å². The molecule has 1 fully saturated rings. The van der Waals surface area contributed by atoms with Gasteiger partial charge in [0, 0.05) is 12.2 Å². The van der Waals surface area contributed by atoms with Gasteiger partial charge < -0.3 is 11.1 Å². The van der Waals surface area contributed by atoms with E-state index in [1.807, 2.05) is 6.07 Å². The van der Waals surface area contributed by atoms with E-state index >= 15 is 0 Å². The highest BCUT2D eigenvalue weighted by molar-refractivity contribution is 5.64. The molecule has 88 valence electrons. The van der Waals surface area contributed by atoms with Crippen molar-refractivity contribution in [1.29, 1.82) is 0 Å². The van der Waals surface area contributed by atoms with Crippen molar-refractivity contribution >= 4 is 11.4 Å². The number of nitrogens with one attached hydrogen (secondary N) is 1. The maximum absolute atomic E-state index is 5.89. The van der Waals surface area contributed by atoms with Crippen LogP contribution in [0.5, 0.6) is 0 Å². The first kappa shape index (κ1) is 11.2. The van der Waals surface area contributed by atoms with Crippen molar-refractivity contribution in [2.75, 3.05) is 11.1 Å². The Morgan fingerprint density at radius 3 is 2.94 bits per heavy atom. The maximum atomic E-state index is 5.89. The van der Waals surface area contributed by atoms with Crippen LogP contribution in [0.4, 0.5) is 11.4 Å². The number of pyridine rings is 1. The molecule has 1 aromatic rings. The summed E-state index contributed by atoms with van der Waals surface area (Å²) in [4.78, 5) is 4.01. The van der Waals surface area contributed by atoms with Crippen LogP contribution >= 0.6 is 0 Å². The number of nitrogen functional groups attached to an aromatic ring is 1. The zero-order chi connectivity index (χ0) is 11.5. The minimum atomic E-state index is 0.549. The molecule has 1 heterocycles. The van der Waals surface area contributed by atoms with E-state index < -0.39 is 0 Å². The third-order valence-corrected chi connectivity index (χ3v) is 3.90. The Morgan fingerprint density at radius 1 is 1.38 bits per heavy atom. The first-order chi connectivity index (χ1) is 7.68. The normalized spacial score (nSPS) is 30.0. The highest BCUT2D eigenvalue weighted by Gasteiger charge is 2.27. The lowest BCUT2D eigenvalue weighted by atomic mass is 9.78. The number of nitrogens with zero attached hydrogens (tertiary/aromatic N) is 1. The Bertz CT molecular complexity index is 351. The number of aromatic nitrogens is 1. The van der Waals surface area contributed by atoms with Crippen LogP contribution in [0.25, 0.3) is 0 Å². The van der Waals surface area contributed by atoms with E-state index in [9.17, 15) is 0 Å².